The van der Waals surface area contributed by atoms with Crippen LogP contribution in [0.4, 0.5) is 0 Å². The Hall–Kier alpha value is -8.26. The molecular formula is C62H37N. The van der Waals surface area contributed by atoms with Gasteiger partial charge in [0, 0.05) is 16.5 Å². The van der Waals surface area contributed by atoms with Gasteiger partial charge < -0.3 is 4.57 Å². The highest BCUT2D eigenvalue weighted by atomic mass is 15.0. The first-order chi connectivity index (χ1) is 31.2. The van der Waals surface area contributed by atoms with E-state index in [-0.39, 0.29) is 0 Å². The molecule has 0 N–H and O–H groups in total. The Labute approximate surface area is 364 Å². The van der Waals surface area contributed by atoms with Gasteiger partial charge in [0.15, 0.2) is 0 Å². The minimum atomic E-state index is 1.15. The topological polar surface area (TPSA) is 4.93 Å². The highest BCUT2D eigenvalue weighted by Crippen LogP contribution is 2.43. The first-order valence-corrected chi connectivity index (χ1v) is 21.9. The molecule has 0 radical (unpaired) electrons. The molecule has 0 saturated carbocycles. The monoisotopic (exact) mass is 795 g/mol. The Balaban J connectivity index is 0.867. The van der Waals surface area contributed by atoms with Crippen LogP contribution in [-0.4, -0.2) is 4.57 Å². The van der Waals surface area contributed by atoms with Crippen molar-refractivity contribution in [3.05, 3.63) is 224 Å². The van der Waals surface area contributed by atoms with Crippen LogP contribution in [0, 0.1) is 0 Å². The smallest absolute Gasteiger partial charge is 0.0547 e. The van der Waals surface area contributed by atoms with Crippen LogP contribution in [0.3, 0.4) is 0 Å². The maximum atomic E-state index is 2.45. The molecule has 0 atom stereocenters. The van der Waals surface area contributed by atoms with Gasteiger partial charge in [-0.05, 0) is 170 Å². The maximum Gasteiger partial charge on any atom is 0.0547 e. The number of benzene rings is 13. The molecule has 0 fully saturated rings. The molecule has 63 heavy (non-hydrogen) atoms. The largest absolute Gasteiger partial charge is 0.309 e. The van der Waals surface area contributed by atoms with Crippen molar-refractivity contribution in [1.82, 2.24) is 4.57 Å². The van der Waals surface area contributed by atoms with Gasteiger partial charge in [0.1, 0.15) is 0 Å². The van der Waals surface area contributed by atoms with Crippen molar-refractivity contribution in [3.8, 4) is 50.2 Å². The third kappa shape index (κ3) is 5.24. The van der Waals surface area contributed by atoms with Gasteiger partial charge in [-0.1, -0.05) is 164 Å². The minimum absolute atomic E-state index is 1.15. The van der Waals surface area contributed by atoms with Gasteiger partial charge in [0.2, 0.25) is 0 Å². The summed E-state index contributed by atoms with van der Waals surface area (Å²) in [4.78, 5) is 0. The lowest BCUT2D eigenvalue weighted by Crippen LogP contribution is -1.94. The number of aromatic nitrogens is 1. The second-order valence-corrected chi connectivity index (χ2v) is 17.3. The quantitative estimate of drug-likeness (QED) is 0.153. The third-order valence-electron chi connectivity index (χ3n) is 13.8. The number of nitrogens with zero attached hydrogens (tertiary/aromatic N) is 1. The highest BCUT2D eigenvalue weighted by molar-refractivity contribution is 6.25. The van der Waals surface area contributed by atoms with Crippen molar-refractivity contribution in [1.29, 1.82) is 0 Å². The molecule has 0 amide bonds. The van der Waals surface area contributed by atoms with Gasteiger partial charge in [0.05, 0.1) is 11.0 Å². The predicted molar refractivity (Wildman–Crippen MR) is 270 cm³/mol. The number of hydrogen-bond acceptors (Lipinski definition) is 0. The SMILES string of the molecule is c1ccc(-c2cc3ccc4cc(-c5ccc6c7ccc(-c8ccc(-c9cc%10ccc%11cccc%12ccc(c9)c%10c%11%12)cc8)cc7n(-c7ccccc7)c6c5)cc5ccc(c2)c3c45)cc1. The molecule has 0 saturated heterocycles. The molecule has 0 bridgehead atoms. The first kappa shape index (κ1) is 34.5. The zero-order valence-corrected chi connectivity index (χ0v) is 34.3. The standard InChI is InChI=1S/C62H37N/c1-3-8-38(9-4-1)51-30-47-22-24-49-34-53(35-50-25-23-48(31-51)61(47)62(49)50)44-27-29-56-55-28-26-43(36-57(55)63(58(56)37-44)54-12-5-2-6-13-54)39-14-16-40(17-15-39)52-32-45-20-18-41-10-7-11-42-19-21-46(33-52)60(45)59(41)42/h1-37H. The van der Waals surface area contributed by atoms with Crippen molar-refractivity contribution in [2.75, 3.05) is 0 Å². The maximum absolute atomic E-state index is 2.45. The number of fused-ring (bicyclic) bond motifs is 3. The Kier molecular flexibility index (Phi) is 7.17. The summed E-state index contributed by atoms with van der Waals surface area (Å²) < 4.78 is 2.45. The summed E-state index contributed by atoms with van der Waals surface area (Å²) in [7, 11) is 0. The number of rotatable bonds is 5. The summed E-state index contributed by atoms with van der Waals surface area (Å²) in [5, 5.41) is 18.2. The lowest BCUT2D eigenvalue weighted by molar-refractivity contribution is 1.18. The van der Waals surface area contributed by atoms with Crippen molar-refractivity contribution < 1.29 is 0 Å². The molecule has 14 rings (SSSR count). The molecule has 0 aliphatic carbocycles. The van der Waals surface area contributed by atoms with Crippen LogP contribution in [0.25, 0.3) is 137 Å². The summed E-state index contributed by atoms with van der Waals surface area (Å²) in [6.07, 6.45) is 0. The van der Waals surface area contributed by atoms with Crippen molar-refractivity contribution in [2.45, 2.75) is 0 Å². The van der Waals surface area contributed by atoms with Gasteiger partial charge in [-0.3, -0.25) is 0 Å². The molecule has 290 valence electrons. The molecule has 0 aliphatic heterocycles. The second-order valence-electron chi connectivity index (χ2n) is 17.3. The van der Waals surface area contributed by atoms with E-state index in [1.165, 1.54) is 131 Å². The van der Waals surface area contributed by atoms with E-state index >= 15 is 0 Å². The molecule has 13 aromatic carbocycles. The van der Waals surface area contributed by atoms with Gasteiger partial charge in [-0.15, -0.1) is 0 Å². The number of para-hydroxylation sites is 1. The van der Waals surface area contributed by atoms with E-state index in [2.05, 4.69) is 229 Å². The zero-order valence-electron chi connectivity index (χ0n) is 34.3. The van der Waals surface area contributed by atoms with E-state index in [0.717, 1.165) is 5.69 Å². The zero-order chi connectivity index (χ0) is 41.2. The fourth-order valence-electron chi connectivity index (χ4n) is 10.8. The van der Waals surface area contributed by atoms with E-state index < -0.39 is 0 Å². The van der Waals surface area contributed by atoms with Crippen LogP contribution in [0.2, 0.25) is 0 Å². The van der Waals surface area contributed by atoms with Crippen LogP contribution in [-0.2, 0) is 0 Å². The van der Waals surface area contributed by atoms with Crippen molar-refractivity contribution in [3.63, 3.8) is 0 Å². The molecular weight excluding hydrogens is 759 g/mol. The third-order valence-corrected chi connectivity index (χ3v) is 13.8. The van der Waals surface area contributed by atoms with Gasteiger partial charge in [-0.25, -0.2) is 0 Å². The molecule has 1 nitrogen and oxygen atoms in total. The molecule has 0 unspecified atom stereocenters. The predicted octanol–water partition coefficient (Wildman–Crippen LogP) is 17.2. The average Bonchev–Trinajstić information content (AvgIpc) is 3.68. The van der Waals surface area contributed by atoms with Crippen LogP contribution in [0.15, 0.2) is 224 Å². The Morgan fingerprint density at radius 1 is 0.206 bits per heavy atom. The first-order valence-electron chi connectivity index (χ1n) is 21.9. The molecule has 1 heterocycles. The normalized spacial score (nSPS) is 12.1. The molecule has 0 aliphatic rings. The van der Waals surface area contributed by atoms with Crippen LogP contribution < -0.4 is 0 Å². The van der Waals surface area contributed by atoms with E-state index in [9.17, 15) is 0 Å². The van der Waals surface area contributed by atoms with Crippen molar-refractivity contribution >= 4 is 86.4 Å². The fourth-order valence-corrected chi connectivity index (χ4v) is 10.8. The number of hydrogen-bond donors (Lipinski definition) is 0. The lowest BCUT2D eigenvalue weighted by Gasteiger charge is -2.15. The summed E-state index contributed by atoms with van der Waals surface area (Å²) in [6, 6.07) is 83.7. The van der Waals surface area contributed by atoms with Gasteiger partial charge in [0.25, 0.3) is 0 Å². The van der Waals surface area contributed by atoms with Gasteiger partial charge >= 0.3 is 0 Å². The molecule has 1 aromatic heterocycles. The van der Waals surface area contributed by atoms with E-state index in [0.29, 0.717) is 0 Å². The molecule has 1 heteroatoms. The van der Waals surface area contributed by atoms with Crippen LogP contribution >= 0.6 is 0 Å². The minimum Gasteiger partial charge on any atom is -0.309 e. The van der Waals surface area contributed by atoms with Crippen LogP contribution in [0.5, 0.6) is 0 Å². The highest BCUT2D eigenvalue weighted by Gasteiger charge is 2.17. The Bertz CT molecular complexity index is 3970. The average molecular weight is 796 g/mol. The molecule has 14 aromatic rings. The second kappa shape index (κ2) is 13.1. The van der Waals surface area contributed by atoms with E-state index in [1.54, 1.807) is 0 Å². The fraction of sp³-hybridized carbons (Fsp3) is 0. The summed E-state index contributed by atoms with van der Waals surface area (Å²) >= 11 is 0. The van der Waals surface area contributed by atoms with Gasteiger partial charge in [-0.2, -0.15) is 0 Å². The summed E-state index contributed by atoms with van der Waals surface area (Å²) in [5.41, 5.74) is 13.4. The van der Waals surface area contributed by atoms with E-state index in [4.69, 9.17) is 0 Å². The summed E-state index contributed by atoms with van der Waals surface area (Å²) in [5.74, 6) is 0. The van der Waals surface area contributed by atoms with Crippen LogP contribution in [0.1, 0.15) is 0 Å². The molecule has 0 spiro atoms. The Morgan fingerprint density at radius 3 is 1.00 bits per heavy atom. The summed E-state index contributed by atoms with van der Waals surface area (Å²) in [6.45, 7) is 0. The Morgan fingerprint density at radius 2 is 0.540 bits per heavy atom. The lowest BCUT2D eigenvalue weighted by atomic mass is 9.89. The van der Waals surface area contributed by atoms with E-state index in [1.807, 2.05) is 0 Å². The van der Waals surface area contributed by atoms with Crippen molar-refractivity contribution in [2.24, 2.45) is 0 Å².